The highest BCUT2D eigenvalue weighted by molar-refractivity contribution is 6.30. The fourth-order valence-corrected chi connectivity index (χ4v) is 4.80. The van der Waals surface area contributed by atoms with Crippen LogP contribution in [0.25, 0.3) is 0 Å². The molecule has 1 unspecified atom stereocenters. The fourth-order valence-electron chi connectivity index (χ4n) is 4.68. The minimum atomic E-state index is -0.0246. The normalized spacial score (nSPS) is 20.2. The molecule has 1 aromatic heterocycles. The van der Waals surface area contributed by atoms with Crippen LogP contribution in [0.2, 0.25) is 5.02 Å². The van der Waals surface area contributed by atoms with Crippen molar-refractivity contribution < 1.29 is 9.53 Å². The molecule has 0 N–H and O–H groups in total. The van der Waals surface area contributed by atoms with Crippen molar-refractivity contribution in [1.82, 2.24) is 9.88 Å². The number of aromatic nitrogens is 1. The Kier molecular flexibility index (Phi) is 6.25. The van der Waals surface area contributed by atoms with Gasteiger partial charge in [-0.25, -0.2) is 9.78 Å². The quantitative estimate of drug-likeness (QED) is 0.624. The summed E-state index contributed by atoms with van der Waals surface area (Å²) < 4.78 is 5.51. The van der Waals surface area contributed by atoms with Gasteiger partial charge in [-0.05, 0) is 42.5 Å². The number of fused-ring (bicyclic) bond motifs is 3. The zero-order valence-electron chi connectivity index (χ0n) is 19.2. The topological polar surface area (TPSA) is 61.3 Å². The molecule has 1 aromatic carbocycles. The number of carbonyl (C=O) groups excluding carboxylic acids is 1. The lowest BCUT2D eigenvalue weighted by Crippen LogP contribution is -2.53. The van der Waals surface area contributed by atoms with Crippen molar-refractivity contribution in [2.75, 3.05) is 42.6 Å². The number of halogens is 1. The highest BCUT2D eigenvalue weighted by atomic mass is 35.5. The predicted octanol–water partition coefficient (Wildman–Crippen LogP) is 4.58. The van der Waals surface area contributed by atoms with E-state index in [9.17, 15) is 4.79 Å². The van der Waals surface area contributed by atoms with Gasteiger partial charge in [0.2, 0.25) is 0 Å². The molecule has 3 aliphatic heterocycles. The molecule has 1 atom stereocenters. The number of aliphatic imine (C=N–C) groups is 1. The van der Waals surface area contributed by atoms with E-state index in [-0.39, 0.29) is 12.1 Å². The lowest BCUT2D eigenvalue weighted by molar-refractivity contribution is 0.122. The number of nitrogens with zero attached hydrogens (tertiary/aromatic N) is 5. The van der Waals surface area contributed by atoms with Crippen LogP contribution in [0.3, 0.4) is 0 Å². The Morgan fingerprint density at radius 3 is 2.67 bits per heavy atom. The first-order valence-electron chi connectivity index (χ1n) is 11.7. The molecule has 0 aliphatic carbocycles. The van der Waals surface area contributed by atoms with E-state index in [1.807, 2.05) is 40.3 Å². The first-order valence-corrected chi connectivity index (χ1v) is 12.1. The van der Waals surface area contributed by atoms with Gasteiger partial charge in [-0.1, -0.05) is 37.6 Å². The monoisotopic (exact) mass is 467 g/mol. The molecule has 174 valence electrons. The molecule has 3 aliphatic rings. The summed E-state index contributed by atoms with van der Waals surface area (Å²) in [5.74, 6) is 1.30. The lowest BCUT2D eigenvalue weighted by Gasteiger charge is -2.38. The molecule has 5 rings (SSSR count). The molecule has 33 heavy (non-hydrogen) atoms. The van der Waals surface area contributed by atoms with Crippen LogP contribution in [0.5, 0.6) is 0 Å². The van der Waals surface area contributed by atoms with Gasteiger partial charge in [0, 0.05) is 18.1 Å². The Hall–Kier alpha value is -2.64. The number of urea groups is 1. The van der Waals surface area contributed by atoms with Crippen molar-refractivity contribution in [2.45, 2.75) is 39.3 Å². The maximum absolute atomic E-state index is 13.9. The van der Waals surface area contributed by atoms with Crippen LogP contribution in [-0.2, 0) is 11.3 Å². The summed E-state index contributed by atoms with van der Waals surface area (Å²) >= 11 is 6.09. The molecule has 2 aromatic rings. The number of hydrogen-bond donors (Lipinski definition) is 0. The number of hydrogen-bond acceptors (Lipinski definition) is 5. The van der Waals surface area contributed by atoms with E-state index in [0.717, 1.165) is 48.6 Å². The average Bonchev–Trinajstić information content (AvgIpc) is 3.26. The summed E-state index contributed by atoms with van der Waals surface area (Å²) in [6, 6.07) is 9.81. The van der Waals surface area contributed by atoms with Gasteiger partial charge in [-0.3, -0.25) is 14.8 Å². The van der Waals surface area contributed by atoms with Crippen molar-refractivity contribution >= 4 is 34.8 Å². The highest BCUT2D eigenvalue weighted by Crippen LogP contribution is 2.36. The van der Waals surface area contributed by atoms with E-state index < -0.39 is 0 Å². The van der Waals surface area contributed by atoms with E-state index in [1.54, 1.807) is 0 Å². The Labute approximate surface area is 200 Å². The third-order valence-corrected chi connectivity index (χ3v) is 6.80. The van der Waals surface area contributed by atoms with Gasteiger partial charge in [-0.2, -0.15) is 0 Å². The van der Waals surface area contributed by atoms with Crippen LogP contribution < -0.4 is 9.80 Å². The summed E-state index contributed by atoms with van der Waals surface area (Å²) in [4.78, 5) is 29.5. The van der Waals surface area contributed by atoms with Crippen molar-refractivity contribution in [1.29, 1.82) is 0 Å². The number of benzene rings is 1. The maximum Gasteiger partial charge on any atom is 0.330 e. The number of morpholine rings is 1. The number of anilines is 2. The molecule has 1 fully saturated rings. The third kappa shape index (κ3) is 4.44. The molecular weight excluding hydrogens is 438 g/mol. The number of amidine groups is 1. The average molecular weight is 468 g/mol. The maximum atomic E-state index is 13.9. The molecule has 8 heteroatoms. The zero-order valence-corrected chi connectivity index (χ0v) is 20.0. The highest BCUT2D eigenvalue weighted by Gasteiger charge is 2.43. The Balaban J connectivity index is 1.52. The number of ether oxygens (including phenoxy) is 1. The SMILES string of the molecule is CC(C)CCC1CN=C2c3ncc(N4CCOCC4)cc3N(Cc3ccc(Cl)cc3)C(=O)N21. The Morgan fingerprint density at radius 2 is 1.94 bits per heavy atom. The van der Waals surface area contributed by atoms with Gasteiger partial charge in [0.25, 0.3) is 0 Å². The Bertz CT molecular complexity index is 1050. The van der Waals surface area contributed by atoms with Gasteiger partial charge in [0.1, 0.15) is 5.69 Å². The molecule has 7 nitrogen and oxygen atoms in total. The molecule has 0 bridgehead atoms. The fraction of sp³-hybridized carbons (Fsp3) is 0.480. The summed E-state index contributed by atoms with van der Waals surface area (Å²) in [5.41, 5.74) is 3.63. The third-order valence-electron chi connectivity index (χ3n) is 6.55. The van der Waals surface area contributed by atoms with Crippen molar-refractivity contribution in [3.05, 3.63) is 52.8 Å². The number of carbonyl (C=O) groups is 1. The molecular formula is C25H30ClN5O2. The first kappa shape index (κ1) is 22.2. The van der Waals surface area contributed by atoms with Crippen molar-refractivity contribution in [2.24, 2.45) is 10.9 Å². The second-order valence-corrected chi connectivity index (χ2v) is 9.75. The minimum absolute atomic E-state index is 0.0246. The molecule has 0 saturated carbocycles. The molecule has 2 amide bonds. The van der Waals surface area contributed by atoms with Crippen LogP contribution in [0.4, 0.5) is 16.2 Å². The van der Waals surface area contributed by atoms with E-state index in [2.05, 4.69) is 24.8 Å². The van der Waals surface area contributed by atoms with E-state index >= 15 is 0 Å². The standard InChI is InChI=1S/C25H30ClN5O2/c1-17(2)3-8-20-14-28-24-23-22(13-21(15-27-23)29-9-11-33-12-10-29)30(25(32)31(20)24)16-18-4-6-19(26)7-5-18/h4-7,13,15,17,20H,3,8-12,14,16H2,1-2H3. The van der Waals surface area contributed by atoms with Gasteiger partial charge in [-0.15, -0.1) is 0 Å². The van der Waals surface area contributed by atoms with Gasteiger partial charge in [0.15, 0.2) is 5.84 Å². The summed E-state index contributed by atoms with van der Waals surface area (Å²) in [5, 5.41) is 0.683. The van der Waals surface area contributed by atoms with Crippen LogP contribution in [0.1, 0.15) is 37.9 Å². The molecule has 0 spiro atoms. The van der Waals surface area contributed by atoms with Crippen molar-refractivity contribution in [3.63, 3.8) is 0 Å². The number of amides is 2. The first-order chi connectivity index (χ1) is 16.0. The van der Waals surface area contributed by atoms with Gasteiger partial charge < -0.3 is 9.64 Å². The summed E-state index contributed by atoms with van der Waals surface area (Å²) in [6.07, 6.45) is 3.90. The van der Waals surface area contributed by atoms with Crippen LogP contribution in [-0.4, -0.2) is 60.6 Å². The van der Waals surface area contributed by atoms with Crippen LogP contribution in [0, 0.1) is 5.92 Å². The van der Waals surface area contributed by atoms with Gasteiger partial charge in [0.05, 0.1) is 49.9 Å². The lowest BCUT2D eigenvalue weighted by atomic mass is 10.0. The molecule has 4 heterocycles. The number of pyridine rings is 1. The largest absolute Gasteiger partial charge is 0.378 e. The van der Waals surface area contributed by atoms with Crippen LogP contribution >= 0.6 is 11.6 Å². The predicted molar refractivity (Wildman–Crippen MR) is 131 cm³/mol. The Morgan fingerprint density at radius 1 is 1.18 bits per heavy atom. The molecule has 0 radical (unpaired) electrons. The van der Waals surface area contributed by atoms with Crippen LogP contribution in [0.15, 0.2) is 41.5 Å². The van der Waals surface area contributed by atoms with E-state index in [4.69, 9.17) is 26.3 Å². The van der Waals surface area contributed by atoms with Crippen molar-refractivity contribution in [3.8, 4) is 0 Å². The van der Waals surface area contributed by atoms with Gasteiger partial charge >= 0.3 is 6.03 Å². The smallest absolute Gasteiger partial charge is 0.330 e. The number of rotatable bonds is 6. The second-order valence-electron chi connectivity index (χ2n) is 9.32. The summed E-state index contributed by atoms with van der Waals surface area (Å²) in [6.45, 7) is 8.54. The molecule has 1 saturated heterocycles. The van der Waals surface area contributed by atoms with E-state index in [1.165, 1.54) is 0 Å². The minimum Gasteiger partial charge on any atom is -0.378 e. The van der Waals surface area contributed by atoms with E-state index in [0.29, 0.717) is 43.1 Å². The summed E-state index contributed by atoms with van der Waals surface area (Å²) in [7, 11) is 0. The second kappa shape index (κ2) is 9.31. The zero-order chi connectivity index (χ0) is 22.9.